The average Bonchev–Trinajstić information content (AvgIpc) is 3.24. The number of pyridine rings is 3. The van der Waals surface area contributed by atoms with Crippen LogP contribution >= 0.6 is 0 Å². The fourth-order valence-electron chi connectivity index (χ4n) is 4.63. The van der Waals surface area contributed by atoms with Crippen LogP contribution in [0.2, 0.25) is 0 Å². The van der Waals surface area contributed by atoms with Crippen molar-refractivity contribution in [1.29, 1.82) is 0 Å². The number of anilines is 1. The largest absolute Gasteiger partial charge is 0.387 e. The fraction of sp³-hybridized carbons (Fsp3) is 0.286. The molecule has 0 aromatic carbocycles. The summed E-state index contributed by atoms with van der Waals surface area (Å²) in [5.41, 5.74) is 7.99. The molecule has 1 amide bonds. The Bertz CT molecular complexity index is 1420. The Balaban J connectivity index is 1.32. The number of nitrogens with one attached hydrogen (secondary N) is 1. The van der Waals surface area contributed by atoms with Crippen molar-refractivity contribution in [2.45, 2.75) is 13.0 Å². The Morgan fingerprint density at radius 1 is 1.06 bits per heavy atom. The first-order valence-electron chi connectivity index (χ1n) is 12.1. The minimum atomic E-state index is -0.0313. The first-order chi connectivity index (χ1) is 17.4. The molecule has 0 unspecified atom stereocenters. The van der Waals surface area contributed by atoms with E-state index in [9.17, 15) is 4.79 Å². The summed E-state index contributed by atoms with van der Waals surface area (Å²) >= 11 is 0. The minimum absolute atomic E-state index is 0.0313. The van der Waals surface area contributed by atoms with Crippen molar-refractivity contribution in [2.75, 3.05) is 39.5 Å². The number of hydrogen-bond acceptors (Lipinski definition) is 6. The van der Waals surface area contributed by atoms with Crippen LogP contribution in [0.3, 0.4) is 0 Å². The maximum Gasteiger partial charge on any atom is 0.254 e. The molecule has 4 aromatic heterocycles. The van der Waals surface area contributed by atoms with Gasteiger partial charge in [0.2, 0.25) is 0 Å². The number of aromatic nitrogens is 4. The first-order valence-corrected chi connectivity index (χ1v) is 12.1. The molecule has 0 bridgehead atoms. The second-order valence-corrected chi connectivity index (χ2v) is 9.32. The van der Waals surface area contributed by atoms with E-state index in [0.717, 1.165) is 59.7 Å². The Morgan fingerprint density at radius 2 is 1.86 bits per heavy atom. The summed E-state index contributed by atoms with van der Waals surface area (Å²) < 4.78 is 2.18. The van der Waals surface area contributed by atoms with Gasteiger partial charge in [0.1, 0.15) is 5.65 Å². The predicted octanol–water partition coefficient (Wildman–Crippen LogP) is 4.06. The zero-order valence-corrected chi connectivity index (χ0v) is 21.2. The van der Waals surface area contributed by atoms with Gasteiger partial charge in [-0.05, 0) is 48.4 Å². The molecule has 36 heavy (non-hydrogen) atoms. The third kappa shape index (κ3) is 4.59. The van der Waals surface area contributed by atoms with E-state index >= 15 is 0 Å². The maximum absolute atomic E-state index is 12.1. The van der Waals surface area contributed by atoms with E-state index in [2.05, 4.69) is 48.9 Å². The van der Waals surface area contributed by atoms with Crippen LogP contribution in [-0.4, -0.2) is 69.5 Å². The molecule has 1 aliphatic rings. The van der Waals surface area contributed by atoms with Gasteiger partial charge in [-0.1, -0.05) is 6.08 Å². The molecule has 4 aromatic rings. The summed E-state index contributed by atoms with van der Waals surface area (Å²) in [7, 11) is 7.47. The van der Waals surface area contributed by atoms with Gasteiger partial charge in [0.25, 0.3) is 5.91 Å². The molecule has 1 aliphatic heterocycles. The number of amides is 1. The highest BCUT2D eigenvalue weighted by Crippen LogP contribution is 2.30. The highest BCUT2D eigenvalue weighted by molar-refractivity contribution is 5.94. The summed E-state index contributed by atoms with van der Waals surface area (Å²) in [6, 6.07) is 12.2. The van der Waals surface area contributed by atoms with Gasteiger partial charge >= 0.3 is 0 Å². The third-order valence-electron chi connectivity index (χ3n) is 6.78. The van der Waals surface area contributed by atoms with Gasteiger partial charge < -0.3 is 14.8 Å². The van der Waals surface area contributed by atoms with Gasteiger partial charge in [-0.3, -0.25) is 19.7 Å². The van der Waals surface area contributed by atoms with Crippen molar-refractivity contribution in [1.82, 2.24) is 29.3 Å². The fourth-order valence-corrected chi connectivity index (χ4v) is 4.63. The molecule has 8 nitrogen and oxygen atoms in total. The van der Waals surface area contributed by atoms with Crippen molar-refractivity contribution in [3.05, 3.63) is 78.0 Å². The average molecular weight is 482 g/mol. The summed E-state index contributed by atoms with van der Waals surface area (Å²) in [4.78, 5) is 30.0. The van der Waals surface area contributed by atoms with Crippen LogP contribution in [0, 0.1) is 0 Å². The van der Waals surface area contributed by atoms with Gasteiger partial charge in [0.05, 0.1) is 28.8 Å². The Labute approximate surface area is 211 Å². The molecule has 5 rings (SSSR count). The van der Waals surface area contributed by atoms with E-state index in [-0.39, 0.29) is 5.91 Å². The van der Waals surface area contributed by atoms with Gasteiger partial charge in [0, 0.05) is 76.9 Å². The normalized spacial score (nSPS) is 14.1. The lowest BCUT2D eigenvalue weighted by Crippen LogP contribution is -2.29. The molecule has 1 N–H and O–H groups in total. The van der Waals surface area contributed by atoms with Crippen LogP contribution in [0.4, 0.5) is 5.69 Å². The summed E-state index contributed by atoms with van der Waals surface area (Å²) in [5, 5.41) is 4.23. The Hall–Kier alpha value is -4.04. The monoisotopic (exact) mass is 481 g/mol. The quantitative estimate of drug-likeness (QED) is 0.447. The van der Waals surface area contributed by atoms with Gasteiger partial charge in [-0.15, -0.1) is 0 Å². The van der Waals surface area contributed by atoms with E-state index in [0.29, 0.717) is 5.56 Å². The summed E-state index contributed by atoms with van der Waals surface area (Å²) in [6.07, 6.45) is 8.55. The number of aryl methyl sites for hydroxylation is 1. The zero-order chi connectivity index (χ0) is 25.2. The van der Waals surface area contributed by atoms with E-state index in [1.54, 1.807) is 25.2 Å². The number of rotatable bonds is 6. The van der Waals surface area contributed by atoms with Gasteiger partial charge in [-0.2, -0.15) is 0 Å². The number of carbonyl (C=O) groups is 1. The second-order valence-electron chi connectivity index (χ2n) is 9.32. The van der Waals surface area contributed by atoms with E-state index in [1.165, 1.54) is 11.3 Å². The maximum atomic E-state index is 12.1. The van der Waals surface area contributed by atoms with Crippen LogP contribution in [0.15, 0.2) is 61.1 Å². The summed E-state index contributed by atoms with van der Waals surface area (Å²) in [5.74, 6) is -0.0313. The summed E-state index contributed by atoms with van der Waals surface area (Å²) in [6.45, 7) is 2.64. The predicted molar refractivity (Wildman–Crippen MR) is 144 cm³/mol. The van der Waals surface area contributed by atoms with E-state index in [1.807, 2.05) is 49.8 Å². The lowest BCUT2D eigenvalue weighted by molar-refractivity contribution is 0.0827. The van der Waals surface area contributed by atoms with Crippen LogP contribution in [-0.2, 0) is 13.6 Å². The van der Waals surface area contributed by atoms with Crippen LogP contribution in [0.5, 0.6) is 0 Å². The number of fused-ring (bicyclic) bond motifs is 1. The molecule has 0 aliphatic carbocycles. The van der Waals surface area contributed by atoms with E-state index < -0.39 is 0 Å². The lowest BCUT2D eigenvalue weighted by atomic mass is 10.0. The Morgan fingerprint density at radius 3 is 2.50 bits per heavy atom. The van der Waals surface area contributed by atoms with Gasteiger partial charge in [0.15, 0.2) is 0 Å². The standard InChI is InChI=1S/C28H31N7O/c1-29-21-6-8-26(32-17-21)23-9-12-30-27-24(23)15-22(34(27)4)18-35-13-10-19(11-14-35)25-7-5-20(16-31-25)28(36)33(2)3/h5-10,12,15-17,29H,11,13-14,18H2,1-4H3. The molecule has 5 heterocycles. The van der Waals surface area contributed by atoms with Crippen molar-refractivity contribution < 1.29 is 4.79 Å². The molecule has 184 valence electrons. The molecule has 0 saturated heterocycles. The van der Waals surface area contributed by atoms with Crippen LogP contribution < -0.4 is 5.32 Å². The molecule has 0 radical (unpaired) electrons. The highest BCUT2D eigenvalue weighted by atomic mass is 16.2. The zero-order valence-electron chi connectivity index (χ0n) is 21.2. The molecule has 0 fully saturated rings. The Kier molecular flexibility index (Phi) is 6.52. The number of nitrogens with zero attached hydrogens (tertiary/aromatic N) is 6. The molecular formula is C28H31N7O. The topological polar surface area (TPSA) is 79.2 Å². The smallest absolute Gasteiger partial charge is 0.254 e. The van der Waals surface area contributed by atoms with E-state index in [4.69, 9.17) is 0 Å². The van der Waals surface area contributed by atoms with Gasteiger partial charge in [-0.25, -0.2) is 4.98 Å². The molecular weight excluding hydrogens is 450 g/mol. The van der Waals surface area contributed by atoms with Crippen molar-refractivity contribution in [3.63, 3.8) is 0 Å². The molecule has 0 spiro atoms. The second kappa shape index (κ2) is 9.91. The SMILES string of the molecule is CNc1ccc(-c2ccnc3c2cc(CN2CC=C(c4ccc(C(=O)N(C)C)cn4)CC2)n3C)nc1. The van der Waals surface area contributed by atoms with Crippen molar-refractivity contribution >= 4 is 28.2 Å². The number of hydrogen-bond donors (Lipinski definition) is 1. The molecule has 0 saturated carbocycles. The first kappa shape index (κ1) is 23.7. The lowest BCUT2D eigenvalue weighted by Gasteiger charge is -2.26. The van der Waals surface area contributed by atoms with Crippen molar-refractivity contribution in [3.8, 4) is 11.3 Å². The molecule has 0 atom stereocenters. The van der Waals surface area contributed by atoms with Crippen molar-refractivity contribution in [2.24, 2.45) is 7.05 Å². The highest BCUT2D eigenvalue weighted by Gasteiger charge is 2.18. The van der Waals surface area contributed by atoms with Crippen LogP contribution in [0.25, 0.3) is 27.9 Å². The van der Waals surface area contributed by atoms with Crippen LogP contribution in [0.1, 0.15) is 28.2 Å². The molecule has 8 heteroatoms. The number of carbonyl (C=O) groups excluding carboxylic acids is 1. The minimum Gasteiger partial charge on any atom is -0.387 e. The third-order valence-corrected chi connectivity index (χ3v) is 6.78.